The summed E-state index contributed by atoms with van der Waals surface area (Å²) in [5.74, 6) is -1.14. The van der Waals surface area contributed by atoms with Crippen molar-refractivity contribution in [2.24, 2.45) is 0 Å². The lowest BCUT2D eigenvalue weighted by Gasteiger charge is -2.08. The first-order valence-corrected chi connectivity index (χ1v) is 5.88. The monoisotopic (exact) mass is 311 g/mol. The zero-order chi connectivity index (χ0) is 13.5. The van der Waals surface area contributed by atoms with Crippen molar-refractivity contribution in [3.05, 3.63) is 22.4 Å². The molecule has 94 valence electrons. The first-order chi connectivity index (χ1) is 8.58. The van der Waals surface area contributed by atoms with Crippen LogP contribution in [0.5, 0.6) is 0 Å². The third kappa shape index (κ3) is 3.82. The molecule has 1 aromatic rings. The summed E-state index contributed by atoms with van der Waals surface area (Å²) in [6, 6.07) is 4.80. The highest BCUT2D eigenvalue weighted by molar-refractivity contribution is 9.10. The number of aromatic nitrogens is 1. The highest BCUT2D eigenvalue weighted by Gasteiger charge is 2.16. The number of nitrogens with zero attached hydrogens (tertiary/aromatic N) is 2. The minimum atomic E-state index is -0.633. The predicted octanol–water partition coefficient (Wildman–Crippen LogP) is 1.87. The molecule has 18 heavy (non-hydrogen) atoms. The maximum absolute atomic E-state index is 11.6. The van der Waals surface area contributed by atoms with Crippen LogP contribution >= 0.6 is 15.9 Å². The van der Waals surface area contributed by atoms with Crippen LogP contribution in [-0.2, 0) is 9.53 Å². The van der Waals surface area contributed by atoms with Crippen LogP contribution in [0.25, 0.3) is 0 Å². The Balaban J connectivity index is 3.00. The van der Waals surface area contributed by atoms with Gasteiger partial charge in [0.05, 0.1) is 18.4 Å². The Morgan fingerprint density at radius 3 is 2.89 bits per heavy atom. The SMILES string of the molecule is CCOC(=O)c1nc(Br)ccc1NC(=O)CC#N. The maximum atomic E-state index is 11.6. The van der Waals surface area contributed by atoms with Gasteiger partial charge in [-0.1, -0.05) is 0 Å². The molecule has 0 aromatic carbocycles. The molecular formula is C11H10BrN3O3. The largest absolute Gasteiger partial charge is 0.461 e. The van der Waals surface area contributed by atoms with Crippen LogP contribution < -0.4 is 5.32 Å². The summed E-state index contributed by atoms with van der Waals surface area (Å²) in [7, 11) is 0. The van der Waals surface area contributed by atoms with Crippen molar-refractivity contribution < 1.29 is 14.3 Å². The average Bonchev–Trinajstić information content (AvgIpc) is 2.32. The van der Waals surface area contributed by atoms with E-state index in [0.29, 0.717) is 4.60 Å². The van der Waals surface area contributed by atoms with E-state index in [0.717, 1.165) is 0 Å². The summed E-state index contributed by atoms with van der Waals surface area (Å²) in [6.45, 7) is 1.88. The van der Waals surface area contributed by atoms with Crippen molar-refractivity contribution in [3.8, 4) is 6.07 Å². The third-order valence-corrected chi connectivity index (χ3v) is 2.29. The number of nitriles is 1. The summed E-state index contributed by atoms with van der Waals surface area (Å²) in [5.41, 5.74) is 0.217. The van der Waals surface area contributed by atoms with Crippen LogP contribution in [0.3, 0.4) is 0 Å². The number of rotatable bonds is 4. The minimum absolute atomic E-state index is 0.00230. The molecule has 1 heterocycles. The first kappa shape index (κ1) is 14.1. The van der Waals surface area contributed by atoms with Gasteiger partial charge in [-0.3, -0.25) is 4.79 Å². The Kier molecular flexibility index (Phi) is 5.27. The lowest BCUT2D eigenvalue weighted by atomic mass is 10.3. The van der Waals surface area contributed by atoms with Gasteiger partial charge >= 0.3 is 5.97 Å². The van der Waals surface area contributed by atoms with Gasteiger partial charge in [0.2, 0.25) is 5.91 Å². The normalized spacial score (nSPS) is 9.39. The zero-order valence-electron chi connectivity index (χ0n) is 9.57. The Labute approximate surface area is 112 Å². The summed E-state index contributed by atoms with van der Waals surface area (Å²) >= 11 is 3.13. The van der Waals surface area contributed by atoms with E-state index in [9.17, 15) is 9.59 Å². The van der Waals surface area contributed by atoms with E-state index in [2.05, 4.69) is 26.2 Å². The van der Waals surface area contributed by atoms with Gasteiger partial charge < -0.3 is 10.1 Å². The van der Waals surface area contributed by atoms with E-state index in [4.69, 9.17) is 10.00 Å². The molecule has 0 aliphatic rings. The molecule has 0 aliphatic carbocycles. The predicted molar refractivity (Wildman–Crippen MR) is 66.8 cm³/mol. The first-order valence-electron chi connectivity index (χ1n) is 5.09. The number of hydrogen-bond acceptors (Lipinski definition) is 5. The lowest BCUT2D eigenvalue weighted by molar-refractivity contribution is -0.115. The van der Waals surface area contributed by atoms with Crippen LogP contribution in [0.2, 0.25) is 0 Å². The number of esters is 1. The summed E-state index contributed by atoms with van der Waals surface area (Å²) in [4.78, 5) is 26.9. The number of hydrogen-bond donors (Lipinski definition) is 1. The fourth-order valence-electron chi connectivity index (χ4n) is 1.16. The second-order valence-electron chi connectivity index (χ2n) is 3.13. The van der Waals surface area contributed by atoms with Gasteiger partial charge in [0.15, 0.2) is 5.69 Å². The van der Waals surface area contributed by atoms with Gasteiger partial charge in [0.25, 0.3) is 0 Å². The van der Waals surface area contributed by atoms with E-state index in [1.165, 1.54) is 6.07 Å². The second kappa shape index (κ2) is 6.71. The van der Waals surface area contributed by atoms with Gasteiger partial charge in [-0.2, -0.15) is 5.26 Å². The average molecular weight is 312 g/mol. The molecule has 0 spiro atoms. The van der Waals surface area contributed by atoms with Crippen molar-refractivity contribution in [1.29, 1.82) is 5.26 Å². The molecule has 6 nitrogen and oxygen atoms in total. The van der Waals surface area contributed by atoms with Gasteiger partial charge in [0.1, 0.15) is 11.0 Å². The maximum Gasteiger partial charge on any atom is 0.359 e. The number of nitrogens with one attached hydrogen (secondary N) is 1. The fourth-order valence-corrected chi connectivity index (χ4v) is 1.47. The highest BCUT2D eigenvalue weighted by atomic mass is 79.9. The van der Waals surface area contributed by atoms with Crippen LogP contribution in [0.15, 0.2) is 16.7 Å². The summed E-state index contributed by atoms with van der Waals surface area (Å²) in [5, 5.41) is 10.8. The number of pyridine rings is 1. The summed E-state index contributed by atoms with van der Waals surface area (Å²) < 4.78 is 5.27. The number of carbonyl (C=O) groups excluding carboxylic acids is 2. The molecule has 0 atom stereocenters. The van der Waals surface area contributed by atoms with Crippen LogP contribution in [-0.4, -0.2) is 23.5 Å². The molecule has 1 N–H and O–H groups in total. The molecule has 0 bridgehead atoms. The Morgan fingerprint density at radius 1 is 1.56 bits per heavy atom. The minimum Gasteiger partial charge on any atom is -0.461 e. The molecule has 0 saturated carbocycles. The van der Waals surface area contributed by atoms with Crippen LogP contribution in [0, 0.1) is 11.3 Å². The van der Waals surface area contributed by atoms with E-state index >= 15 is 0 Å². The standard InChI is InChI=1S/C11H10BrN3O3/c1-2-18-11(17)10-7(3-4-8(12)15-10)14-9(16)5-6-13/h3-4H,2,5H2,1H3,(H,14,16). The van der Waals surface area contributed by atoms with Crippen molar-refractivity contribution in [2.45, 2.75) is 13.3 Å². The van der Waals surface area contributed by atoms with E-state index in [1.807, 2.05) is 0 Å². The van der Waals surface area contributed by atoms with Gasteiger partial charge in [0, 0.05) is 0 Å². The van der Waals surface area contributed by atoms with Crippen molar-refractivity contribution in [1.82, 2.24) is 4.98 Å². The van der Waals surface area contributed by atoms with Crippen LogP contribution in [0.4, 0.5) is 5.69 Å². The number of halogens is 1. The van der Waals surface area contributed by atoms with E-state index in [1.54, 1.807) is 19.1 Å². The number of anilines is 1. The molecule has 1 amide bonds. The number of ether oxygens (including phenoxy) is 1. The molecule has 7 heteroatoms. The number of carbonyl (C=O) groups is 2. The zero-order valence-corrected chi connectivity index (χ0v) is 11.2. The van der Waals surface area contributed by atoms with Crippen LogP contribution in [0.1, 0.15) is 23.8 Å². The third-order valence-electron chi connectivity index (χ3n) is 1.84. The van der Waals surface area contributed by atoms with Gasteiger partial charge in [-0.15, -0.1) is 0 Å². The highest BCUT2D eigenvalue weighted by Crippen LogP contribution is 2.18. The Morgan fingerprint density at radius 2 is 2.28 bits per heavy atom. The van der Waals surface area contributed by atoms with Crippen molar-refractivity contribution in [3.63, 3.8) is 0 Å². The number of amides is 1. The topological polar surface area (TPSA) is 92.1 Å². The smallest absolute Gasteiger partial charge is 0.359 e. The van der Waals surface area contributed by atoms with E-state index < -0.39 is 11.9 Å². The van der Waals surface area contributed by atoms with Crippen molar-refractivity contribution >= 4 is 33.5 Å². The van der Waals surface area contributed by atoms with Crippen molar-refractivity contribution in [2.75, 3.05) is 11.9 Å². The quantitative estimate of drug-likeness (QED) is 0.677. The molecule has 0 saturated heterocycles. The molecule has 0 unspecified atom stereocenters. The fraction of sp³-hybridized carbons (Fsp3) is 0.273. The lowest BCUT2D eigenvalue weighted by Crippen LogP contribution is -2.16. The second-order valence-corrected chi connectivity index (χ2v) is 3.95. The van der Waals surface area contributed by atoms with Gasteiger partial charge in [-0.25, -0.2) is 9.78 Å². The molecule has 1 rings (SSSR count). The molecule has 0 radical (unpaired) electrons. The van der Waals surface area contributed by atoms with E-state index in [-0.39, 0.29) is 24.4 Å². The molecule has 0 aliphatic heterocycles. The molecule has 1 aromatic heterocycles. The Bertz CT molecular complexity index is 511. The molecular weight excluding hydrogens is 302 g/mol. The molecule has 0 fully saturated rings. The Hall–Kier alpha value is -1.94. The van der Waals surface area contributed by atoms with Gasteiger partial charge in [-0.05, 0) is 35.0 Å². The summed E-state index contributed by atoms with van der Waals surface area (Å²) in [6.07, 6.45) is -0.293.